The van der Waals surface area contributed by atoms with Crippen LogP contribution in [0.1, 0.15) is 26.7 Å². The molecule has 1 aromatic carbocycles. The van der Waals surface area contributed by atoms with E-state index >= 15 is 0 Å². The van der Waals surface area contributed by atoms with E-state index in [2.05, 4.69) is 4.72 Å². The molecular weight excluding hydrogens is 308 g/mol. The fraction of sp³-hybridized carbons (Fsp3) is 0.571. The molecule has 1 aromatic rings. The highest BCUT2D eigenvalue weighted by Gasteiger charge is 2.24. The molecule has 0 aromatic heterocycles. The van der Waals surface area contributed by atoms with Gasteiger partial charge in [0.25, 0.3) is 0 Å². The first kappa shape index (κ1) is 18.3. The molecule has 0 aliphatic heterocycles. The highest BCUT2D eigenvalue weighted by atomic mass is 32.2. The number of nitrogens with two attached hydrogens (primary N) is 1. The molecule has 0 unspecified atom stereocenters. The Morgan fingerprint density at radius 3 is 2.57 bits per heavy atom. The zero-order valence-corrected chi connectivity index (χ0v) is 14.1. The van der Waals surface area contributed by atoms with Crippen molar-refractivity contribution in [2.75, 3.05) is 23.8 Å². The summed E-state index contributed by atoms with van der Waals surface area (Å²) < 4.78 is 26.3. The molecule has 0 radical (unpaired) electrons. The molecule has 0 saturated heterocycles. The Labute approximate surface area is 131 Å². The standard InChI is InChI=1S/C14H24N2O3S2/c1-3-14(17,4-2)11-16-21(18,19)9-8-20-13-7-5-6-12(15)10-13/h5-7,10,16-17H,3-4,8-9,11,15H2,1-2H3. The maximum absolute atomic E-state index is 11.9. The maximum atomic E-state index is 11.9. The summed E-state index contributed by atoms with van der Waals surface area (Å²) in [5.41, 5.74) is 5.37. The Morgan fingerprint density at radius 1 is 1.33 bits per heavy atom. The number of hydrogen-bond donors (Lipinski definition) is 3. The van der Waals surface area contributed by atoms with Gasteiger partial charge >= 0.3 is 0 Å². The predicted octanol–water partition coefficient (Wildman–Crippen LogP) is 1.83. The van der Waals surface area contributed by atoms with E-state index in [0.717, 1.165) is 4.90 Å². The number of sulfonamides is 1. The monoisotopic (exact) mass is 332 g/mol. The number of hydrogen-bond acceptors (Lipinski definition) is 5. The van der Waals surface area contributed by atoms with E-state index < -0.39 is 15.6 Å². The number of thioether (sulfide) groups is 1. The second-order valence-electron chi connectivity index (χ2n) is 4.99. The molecule has 0 aliphatic rings. The van der Waals surface area contributed by atoms with Crippen LogP contribution < -0.4 is 10.5 Å². The van der Waals surface area contributed by atoms with Crippen molar-refractivity contribution in [3.63, 3.8) is 0 Å². The summed E-state index contributed by atoms with van der Waals surface area (Å²) in [6.07, 6.45) is 1.04. The van der Waals surface area contributed by atoms with E-state index in [-0.39, 0.29) is 12.3 Å². The van der Waals surface area contributed by atoms with Gasteiger partial charge in [-0.05, 0) is 31.0 Å². The fourth-order valence-corrected chi connectivity index (χ4v) is 4.16. The second kappa shape index (κ2) is 8.03. The summed E-state index contributed by atoms with van der Waals surface area (Å²) in [6.45, 7) is 3.74. The molecule has 0 aliphatic carbocycles. The summed E-state index contributed by atoms with van der Waals surface area (Å²) in [4.78, 5) is 0.948. The fourth-order valence-electron chi connectivity index (χ4n) is 1.69. The summed E-state index contributed by atoms with van der Waals surface area (Å²) in [5, 5.41) is 10.1. The number of rotatable bonds is 9. The van der Waals surface area contributed by atoms with Crippen LogP contribution >= 0.6 is 11.8 Å². The van der Waals surface area contributed by atoms with Crippen LogP contribution in [0.5, 0.6) is 0 Å². The van der Waals surface area contributed by atoms with E-state index in [1.807, 2.05) is 32.0 Å². The highest BCUT2D eigenvalue weighted by molar-refractivity contribution is 8.00. The third kappa shape index (κ3) is 6.69. The SMILES string of the molecule is CCC(O)(CC)CNS(=O)(=O)CCSc1cccc(N)c1. The first-order chi connectivity index (χ1) is 9.80. The number of benzene rings is 1. The van der Waals surface area contributed by atoms with Crippen LogP contribution in [0.25, 0.3) is 0 Å². The quantitative estimate of drug-likeness (QED) is 0.474. The van der Waals surface area contributed by atoms with Gasteiger partial charge in [0.15, 0.2) is 0 Å². The van der Waals surface area contributed by atoms with Crippen molar-refractivity contribution in [2.45, 2.75) is 37.2 Å². The zero-order chi connectivity index (χ0) is 15.9. The minimum absolute atomic E-state index is 0.00990. The van der Waals surface area contributed by atoms with Crippen molar-refractivity contribution in [1.82, 2.24) is 4.72 Å². The molecule has 21 heavy (non-hydrogen) atoms. The third-order valence-electron chi connectivity index (χ3n) is 3.42. The van der Waals surface area contributed by atoms with Gasteiger partial charge in [-0.25, -0.2) is 13.1 Å². The third-order valence-corrected chi connectivity index (χ3v) is 6.00. The lowest BCUT2D eigenvalue weighted by atomic mass is 9.98. The summed E-state index contributed by atoms with van der Waals surface area (Å²) in [5.74, 6) is 0.450. The predicted molar refractivity (Wildman–Crippen MR) is 88.9 cm³/mol. The second-order valence-corrected chi connectivity index (χ2v) is 8.09. The lowest BCUT2D eigenvalue weighted by Crippen LogP contribution is -2.42. The van der Waals surface area contributed by atoms with E-state index in [1.165, 1.54) is 11.8 Å². The molecular formula is C14H24N2O3S2. The van der Waals surface area contributed by atoms with Gasteiger partial charge in [-0.15, -0.1) is 11.8 Å². The molecule has 0 spiro atoms. The summed E-state index contributed by atoms with van der Waals surface area (Å²) in [7, 11) is -3.38. The van der Waals surface area contributed by atoms with Crippen molar-refractivity contribution < 1.29 is 13.5 Å². The zero-order valence-electron chi connectivity index (χ0n) is 12.5. The van der Waals surface area contributed by atoms with Crippen LogP contribution in [0.4, 0.5) is 5.69 Å². The van der Waals surface area contributed by atoms with Crippen LogP contribution in [0.15, 0.2) is 29.2 Å². The Balaban J connectivity index is 2.43. The number of anilines is 1. The van der Waals surface area contributed by atoms with Crippen LogP contribution in [0.2, 0.25) is 0 Å². The smallest absolute Gasteiger partial charge is 0.212 e. The molecule has 120 valence electrons. The molecule has 1 rings (SSSR count). The normalized spacial score (nSPS) is 12.5. The molecule has 0 bridgehead atoms. The van der Waals surface area contributed by atoms with Crippen molar-refractivity contribution in [3.8, 4) is 0 Å². The van der Waals surface area contributed by atoms with Gasteiger partial charge in [0, 0.05) is 22.9 Å². The minimum Gasteiger partial charge on any atom is -0.399 e. The van der Waals surface area contributed by atoms with Crippen molar-refractivity contribution >= 4 is 27.5 Å². The Bertz CT molecular complexity index is 543. The van der Waals surface area contributed by atoms with Gasteiger partial charge in [-0.2, -0.15) is 0 Å². The van der Waals surface area contributed by atoms with Gasteiger partial charge in [-0.3, -0.25) is 0 Å². The van der Waals surface area contributed by atoms with Gasteiger partial charge < -0.3 is 10.8 Å². The van der Waals surface area contributed by atoms with Gasteiger partial charge in [0.05, 0.1) is 11.4 Å². The lowest BCUT2D eigenvalue weighted by molar-refractivity contribution is 0.0377. The van der Waals surface area contributed by atoms with Crippen molar-refractivity contribution in [1.29, 1.82) is 0 Å². The van der Waals surface area contributed by atoms with Crippen LogP contribution in [0.3, 0.4) is 0 Å². The first-order valence-corrected chi connectivity index (χ1v) is 9.62. The van der Waals surface area contributed by atoms with E-state index in [1.54, 1.807) is 6.07 Å². The molecule has 7 heteroatoms. The van der Waals surface area contributed by atoms with Gasteiger partial charge in [0.2, 0.25) is 10.0 Å². The van der Waals surface area contributed by atoms with E-state index in [0.29, 0.717) is 24.3 Å². The Morgan fingerprint density at radius 2 is 2.00 bits per heavy atom. The largest absolute Gasteiger partial charge is 0.399 e. The molecule has 4 N–H and O–H groups in total. The van der Waals surface area contributed by atoms with E-state index in [4.69, 9.17) is 5.73 Å². The number of nitrogens with one attached hydrogen (secondary N) is 1. The minimum atomic E-state index is -3.38. The van der Waals surface area contributed by atoms with Crippen LogP contribution in [-0.2, 0) is 10.0 Å². The topological polar surface area (TPSA) is 92.4 Å². The molecule has 0 heterocycles. The van der Waals surface area contributed by atoms with Crippen LogP contribution in [-0.4, -0.2) is 37.2 Å². The summed E-state index contributed by atoms with van der Waals surface area (Å²) >= 11 is 1.44. The molecule has 5 nitrogen and oxygen atoms in total. The lowest BCUT2D eigenvalue weighted by Gasteiger charge is -2.25. The average Bonchev–Trinajstić information content (AvgIpc) is 2.45. The molecule has 0 amide bonds. The Hall–Kier alpha value is -0.760. The molecule has 0 saturated carbocycles. The van der Waals surface area contributed by atoms with Crippen LogP contribution in [0, 0.1) is 0 Å². The average molecular weight is 332 g/mol. The molecule has 0 atom stereocenters. The van der Waals surface area contributed by atoms with Crippen molar-refractivity contribution in [3.05, 3.63) is 24.3 Å². The highest BCUT2D eigenvalue weighted by Crippen LogP contribution is 2.20. The first-order valence-electron chi connectivity index (χ1n) is 6.98. The number of nitrogen functional groups attached to an aromatic ring is 1. The maximum Gasteiger partial charge on any atom is 0.212 e. The number of aliphatic hydroxyl groups is 1. The van der Waals surface area contributed by atoms with E-state index in [9.17, 15) is 13.5 Å². The molecule has 0 fully saturated rings. The van der Waals surface area contributed by atoms with Gasteiger partial charge in [0.1, 0.15) is 0 Å². The Kier molecular flexibility index (Phi) is 6.99. The van der Waals surface area contributed by atoms with Gasteiger partial charge in [-0.1, -0.05) is 19.9 Å². The van der Waals surface area contributed by atoms with Crippen molar-refractivity contribution in [2.24, 2.45) is 0 Å². The summed E-state index contributed by atoms with van der Waals surface area (Å²) in [6, 6.07) is 7.34.